The molecule has 0 bridgehead atoms. The van der Waals surface area contributed by atoms with Crippen molar-refractivity contribution in [3.63, 3.8) is 0 Å². The fourth-order valence-electron chi connectivity index (χ4n) is 2.69. The summed E-state index contributed by atoms with van der Waals surface area (Å²) in [7, 11) is 0. The maximum atomic E-state index is 11.2. The molecular formula is C20H11N3O3S. The molecule has 0 unspecified atom stereocenters. The average Bonchev–Trinajstić information content (AvgIpc) is 3.32. The van der Waals surface area contributed by atoms with Crippen molar-refractivity contribution in [2.24, 2.45) is 0 Å². The van der Waals surface area contributed by atoms with E-state index in [-0.39, 0.29) is 5.69 Å². The van der Waals surface area contributed by atoms with Crippen LogP contribution in [0.4, 0.5) is 5.69 Å². The first-order valence-electron chi connectivity index (χ1n) is 7.97. The number of nitro benzene ring substituents is 1. The highest BCUT2D eigenvalue weighted by Crippen LogP contribution is 2.33. The molecule has 0 atom stereocenters. The van der Waals surface area contributed by atoms with Gasteiger partial charge >= 0.3 is 0 Å². The number of thiazole rings is 1. The van der Waals surface area contributed by atoms with Crippen LogP contribution < -0.4 is 0 Å². The zero-order chi connectivity index (χ0) is 18.8. The predicted octanol–water partition coefficient (Wildman–Crippen LogP) is 5.53. The van der Waals surface area contributed by atoms with Crippen molar-refractivity contribution < 1.29 is 9.34 Å². The van der Waals surface area contributed by atoms with Crippen LogP contribution in [0.5, 0.6) is 0 Å². The second-order valence-electron chi connectivity index (χ2n) is 5.63. The maximum Gasteiger partial charge on any atom is 0.280 e. The molecule has 7 heteroatoms. The molecule has 0 amide bonds. The number of nitrogens with zero attached hydrogens (tertiary/aromatic N) is 3. The van der Waals surface area contributed by atoms with E-state index < -0.39 is 4.92 Å². The third kappa shape index (κ3) is 3.21. The lowest BCUT2D eigenvalue weighted by Gasteiger charge is -1.98. The van der Waals surface area contributed by atoms with Crippen LogP contribution in [-0.2, 0) is 0 Å². The Morgan fingerprint density at radius 1 is 1.15 bits per heavy atom. The van der Waals surface area contributed by atoms with Gasteiger partial charge in [0.05, 0.1) is 26.3 Å². The van der Waals surface area contributed by atoms with Crippen LogP contribution >= 0.6 is 11.3 Å². The van der Waals surface area contributed by atoms with E-state index in [1.807, 2.05) is 24.3 Å². The average molecular weight is 373 g/mol. The third-order valence-electron chi connectivity index (χ3n) is 3.92. The molecule has 2 heterocycles. The van der Waals surface area contributed by atoms with E-state index in [1.54, 1.807) is 36.4 Å². The van der Waals surface area contributed by atoms with Crippen molar-refractivity contribution in [1.82, 2.24) is 4.98 Å². The number of para-hydroxylation sites is 2. The summed E-state index contributed by atoms with van der Waals surface area (Å²) in [6.07, 6.45) is 1.59. The summed E-state index contributed by atoms with van der Waals surface area (Å²) >= 11 is 1.43. The number of hydrogen-bond donors (Lipinski definition) is 0. The van der Waals surface area contributed by atoms with Gasteiger partial charge in [-0.25, -0.2) is 4.98 Å². The Morgan fingerprint density at radius 3 is 2.70 bits per heavy atom. The van der Waals surface area contributed by atoms with Crippen molar-refractivity contribution in [3.8, 4) is 17.4 Å². The normalized spacial score (nSPS) is 11.4. The highest BCUT2D eigenvalue weighted by Gasteiger charge is 2.17. The minimum Gasteiger partial charge on any atom is -0.456 e. The van der Waals surface area contributed by atoms with Gasteiger partial charge in [0.2, 0.25) is 0 Å². The van der Waals surface area contributed by atoms with Gasteiger partial charge in [0.15, 0.2) is 0 Å². The van der Waals surface area contributed by atoms with E-state index in [9.17, 15) is 15.4 Å². The zero-order valence-electron chi connectivity index (χ0n) is 13.8. The van der Waals surface area contributed by atoms with Crippen molar-refractivity contribution in [1.29, 1.82) is 5.26 Å². The summed E-state index contributed by atoms with van der Waals surface area (Å²) < 4.78 is 6.73. The van der Waals surface area contributed by atoms with E-state index in [4.69, 9.17) is 4.42 Å². The monoisotopic (exact) mass is 373 g/mol. The van der Waals surface area contributed by atoms with E-state index in [2.05, 4.69) is 11.1 Å². The van der Waals surface area contributed by atoms with Crippen LogP contribution in [0.2, 0.25) is 0 Å². The second-order valence-corrected chi connectivity index (χ2v) is 6.66. The number of nitro groups is 1. The van der Waals surface area contributed by atoms with E-state index in [1.165, 1.54) is 17.4 Å². The van der Waals surface area contributed by atoms with E-state index in [0.29, 0.717) is 27.7 Å². The summed E-state index contributed by atoms with van der Waals surface area (Å²) in [6.45, 7) is 0. The van der Waals surface area contributed by atoms with Gasteiger partial charge in [-0.2, -0.15) is 5.26 Å². The number of hydrogen-bond acceptors (Lipinski definition) is 6. The topological polar surface area (TPSA) is 93.0 Å². The summed E-state index contributed by atoms with van der Waals surface area (Å²) in [4.78, 5) is 15.2. The summed E-state index contributed by atoms with van der Waals surface area (Å²) in [6, 6.07) is 19.5. The highest BCUT2D eigenvalue weighted by atomic mass is 32.1. The molecule has 0 aliphatic carbocycles. The summed E-state index contributed by atoms with van der Waals surface area (Å²) in [5.74, 6) is 0.800. The van der Waals surface area contributed by atoms with Crippen molar-refractivity contribution in [3.05, 3.63) is 81.5 Å². The molecule has 2 aromatic carbocycles. The van der Waals surface area contributed by atoms with Gasteiger partial charge in [-0.05, 0) is 30.3 Å². The number of allylic oxidation sites excluding steroid dienone is 1. The quantitative estimate of drug-likeness (QED) is 0.266. The van der Waals surface area contributed by atoms with E-state index >= 15 is 0 Å². The van der Waals surface area contributed by atoms with Gasteiger partial charge in [-0.15, -0.1) is 11.3 Å². The predicted molar refractivity (Wildman–Crippen MR) is 104 cm³/mol. The lowest BCUT2D eigenvalue weighted by Crippen LogP contribution is -1.90. The minimum absolute atomic E-state index is 0.0333. The first kappa shape index (κ1) is 16.7. The first-order chi connectivity index (χ1) is 13.2. The lowest BCUT2D eigenvalue weighted by molar-refractivity contribution is -0.384. The molecule has 2 aromatic heterocycles. The van der Waals surface area contributed by atoms with Crippen molar-refractivity contribution in [2.45, 2.75) is 0 Å². The Balaban J connectivity index is 1.72. The molecular weight excluding hydrogens is 362 g/mol. The number of nitriles is 1. The minimum atomic E-state index is -0.449. The maximum absolute atomic E-state index is 11.2. The van der Waals surface area contributed by atoms with E-state index in [0.717, 1.165) is 10.2 Å². The van der Waals surface area contributed by atoms with Crippen LogP contribution in [0.15, 0.2) is 65.1 Å². The van der Waals surface area contributed by atoms with Crippen LogP contribution in [-0.4, -0.2) is 9.91 Å². The molecule has 0 saturated carbocycles. The molecule has 4 rings (SSSR count). The van der Waals surface area contributed by atoms with Gasteiger partial charge in [-0.1, -0.05) is 24.3 Å². The lowest BCUT2D eigenvalue weighted by atomic mass is 10.1. The Bertz CT molecular complexity index is 1200. The number of fused-ring (bicyclic) bond motifs is 1. The van der Waals surface area contributed by atoms with Crippen LogP contribution in [0.25, 0.3) is 33.2 Å². The first-order valence-corrected chi connectivity index (χ1v) is 8.79. The molecule has 0 fully saturated rings. The summed E-state index contributed by atoms with van der Waals surface area (Å²) in [5, 5.41) is 21.3. The number of aromatic nitrogens is 1. The van der Waals surface area contributed by atoms with Crippen molar-refractivity contribution in [2.75, 3.05) is 0 Å². The standard InChI is InChI=1S/C20H11N3O3S/c21-12-13(20-22-16-6-2-4-8-19(16)27-20)11-14-9-10-18(26-14)15-5-1-3-7-17(15)23(24)25/h1-11H. The molecule has 4 aromatic rings. The Labute approximate surface area is 157 Å². The molecule has 27 heavy (non-hydrogen) atoms. The second kappa shape index (κ2) is 6.86. The number of furan rings is 1. The Kier molecular flexibility index (Phi) is 4.24. The van der Waals surface area contributed by atoms with Gasteiger partial charge < -0.3 is 4.42 Å². The largest absolute Gasteiger partial charge is 0.456 e. The van der Waals surface area contributed by atoms with Crippen LogP contribution in [0, 0.1) is 21.4 Å². The van der Waals surface area contributed by atoms with Crippen LogP contribution in [0.3, 0.4) is 0 Å². The summed E-state index contributed by atoms with van der Waals surface area (Å²) in [5.41, 5.74) is 1.56. The zero-order valence-corrected chi connectivity index (χ0v) is 14.6. The SMILES string of the molecule is N#CC(=Cc1ccc(-c2ccccc2[N+](=O)[O-])o1)c1nc2ccccc2s1. The number of rotatable bonds is 4. The van der Waals surface area contributed by atoms with Gasteiger partial charge in [0, 0.05) is 12.1 Å². The van der Waals surface area contributed by atoms with Gasteiger partial charge in [0.1, 0.15) is 22.6 Å². The highest BCUT2D eigenvalue weighted by molar-refractivity contribution is 7.19. The Morgan fingerprint density at radius 2 is 1.93 bits per heavy atom. The molecule has 0 aliphatic heterocycles. The molecule has 6 nitrogen and oxygen atoms in total. The van der Waals surface area contributed by atoms with Crippen LogP contribution in [0.1, 0.15) is 10.8 Å². The van der Waals surface area contributed by atoms with Crippen molar-refractivity contribution >= 4 is 38.9 Å². The number of benzene rings is 2. The fraction of sp³-hybridized carbons (Fsp3) is 0. The fourth-order valence-corrected chi connectivity index (χ4v) is 3.62. The molecule has 0 spiro atoms. The smallest absolute Gasteiger partial charge is 0.280 e. The molecule has 0 N–H and O–H groups in total. The molecule has 0 saturated heterocycles. The van der Waals surface area contributed by atoms with Gasteiger partial charge in [0.25, 0.3) is 5.69 Å². The Hall–Kier alpha value is -3.76. The third-order valence-corrected chi connectivity index (χ3v) is 4.99. The van der Waals surface area contributed by atoms with Gasteiger partial charge in [-0.3, -0.25) is 10.1 Å². The molecule has 0 aliphatic rings. The molecule has 130 valence electrons. The molecule has 0 radical (unpaired) electrons.